The van der Waals surface area contributed by atoms with Crippen molar-refractivity contribution in [3.63, 3.8) is 0 Å². The molecule has 0 aromatic heterocycles. The molecule has 35 heavy (non-hydrogen) atoms. The van der Waals surface area contributed by atoms with Gasteiger partial charge in [0, 0.05) is 36.4 Å². The standard InChI is InChI=1S/C26H17N3O6/c30-27(31)22-12-6-19(7-13-22)25(18-4-2-1-3-5-18)26(20-8-14-23(15-9-20)28(32)33)21-10-16-24(17-11-21)29(34)35/h1-17H. The molecule has 4 aromatic carbocycles. The van der Waals surface area contributed by atoms with Crippen molar-refractivity contribution in [3.8, 4) is 0 Å². The molecule has 0 saturated heterocycles. The highest BCUT2D eigenvalue weighted by molar-refractivity contribution is 6.04. The summed E-state index contributed by atoms with van der Waals surface area (Å²) in [6, 6.07) is 27.4. The van der Waals surface area contributed by atoms with Gasteiger partial charge in [-0.05, 0) is 69.8 Å². The molecule has 0 spiro atoms. The van der Waals surface area contributed by atoms with Gasteiger partial charge in [0.2, 0.25) is 0 Å². The molecule has 0 N–H and O–H groups in total. The second kappa shape index (κ2) is 9.75. The summed E-state index contributed by atoms with van der Waals surface area (Å²) < 4.78 is 0. The highest BCUT2D eigenvalue weighted by atomic mass is 16.6. The van der Waals surface area contributed by atoms with E-state index in [9.17, 15) is 30.3 Å². The highest BCUT2D eigenvalue weighted by Crippen LogP contribution is 2.38. The molecule has 9 nitrogen and oxygen atoms in total. The largest absolute Gasteiger partial charge is 0.269 e. The van der Waals surface area contributed by atoms with Crippen molar-refractivity contribution < 1.29 is 14.8 Å². The molecule has 0 saturated carbocycles. The lowest BCUT2D eigenvalue weighted by molar-refractivity contribution is -0.385. The van der Waals surface area contributed by atoms with E-state index in [1.54, 1.807) is 36.4 Å². The highest BCUT2D eigenvalue weighted by Gasteiger charge is 2.19. The summed E-state index contributed by atoms with van der Waals surface area (Å²) in [5.41, 5.74) is 3.91. The number of nitrogens with zero attached hydrogens (tertiary/aromatic N) is 3. The lowest BCUT2D eigenvalue weighted by Gasteiger charge is -2.18. The van der Waals surface area contributed by atoms with Gasteiger partial charge in [-0.15, -0.1) is 0 Å². The third kappa shape index (κ3) is 4.93. The minimum Gasteiger partial charge on any atom is -0.258 e. The SMILES string of the molecule is O=[N+]([O-])c1ccc(C(=C(c2ccc([N+](=O)[O-])cc2)c2ccc([N+](=O)[O-])cc2)c2ccccc2)cc1. The first kappa shape index (κ1) is 23.0. The van der Waals surface area contributed by atoms with Gasteiger partial charge in [0.25, 0.3) is 17.1 Å². The van der Waals surface area contributed by atoms with Crippen LogP contribution in [0.4, 0.5) is 17.1 Å². The van der Waals surface area contributed by atoms with E-state index in [-0.39, 0.29) is 17.1 Å². The fraction of sp³-hybridized carbons (Fsp3) is 0. The Morgan fingerprint density at radius 3 is 0.914 bits per heavy atom. The Balaban J connectivity index is 2.04. The molecule has 0 amide bonds. The summed E-state index contributed by atoms with van der Waals surface area (Å²) in [6.45, 7) is 0. The van der Waals surface area contributed by atoms with Gasteiger partial charge in [-0.1, -0.05) is 30.3 Å². The first-order valence-corrected chi connectivity index (χ1v) is 10.4. The Hall–Kier alpha value is -5.18. The molecule has 0 unspecified atom stereocenters. The molecule has 0 atom stereocenters. The minimum absolute atomic E-state index is 0.0617. The number of hydrogen-bond acceptors (Lipinski definition) is 6. The van der Waals surface area contributed by atoms with E-state index in [2.05, 4.69) is 0 Å². The van der Waals surface area contributed by atoms with Gasteiger partial charge in [-0.2, -0.15) is 0 Å². The molecule has 4 aromatic rings. The van der Waals surface area contributed by atoms with Crippen LogP contribution in [0.15, 0.2) is 103 Å². The lowest BCUT2D eigenvalue weighted by Crippen LogP contribution is -1.99. The summed E-state index contributed by atoms with van der Waals surface area (Å²) in [4.78, 5) is 32.1. The van der Waals surface area contributed by atoms with E-state index in [0.717, 1.165) is 5.56 Å². The first-order chi connectivity index (χ1) is 16.8. The Morgan fingerprint density at radius 1 is 0.400 bits per heavy atom. The number of benzene rings is 4. The Kier molecular flexibility index (Phi) is 6.41. The Morgan fingerprint density at radius 2 is 0.657 bits per heavy atom. The normalized spacial score (nSPS) is 10.4. The summed E-state index contributed by atoms with van der Waals surface area (Å²) >= 11 is 0. The second-order valence-electron chi connectivity index (χ2n) is 7.53. The minimum atomic E-state index is -0.493. The lowest BCUT2D eigenvalue weighted by atomic mass is 9.85. The summed E-state index contributed by atoms with van der Waals surface area (Å²) in [5.74, 6) is 0. The quantitative estimate of drug-likeness (QED) is 0.175. The van der Waals surface area contributed by atoms with E-state index in [4.69, 9.17) is 0 Å². The van der Waals surface area contributed by atoms with Gasteiger partial charge in [0.1, 0.15) is 0 Å². The van der Waals surface area contributed by atoms with Crippen molar-refractivity contribution >= 4 is 28.2 Å². The average molecular weight is 467 g/mol. The van der Waals surface area contributed by atoms with Gasteiger partial charge in [0.05, 0.1) is 14.8 Å². The van der Waals surface area contributed by atoms with Crippen LogP contribution in [0.1, 0.15) is 22.3 Å². The van der Waals surface area contributed by atoms with Crippen LogP contribution in [0.2, 0.25) is 0 Å². The van der Waals surface area contributed by atoms with Gasteiger partial charge >= 0.3 is 0 Å². The number of rotatable bonds is 7. The van der Waals surface area contributed by atoms with Crippen LogP contribution in [-0.2, 0) is 0 Å². The van der Waals surface area contributed by atoms with Crippen molar-refractivity contribution in [1.82, 2.24) is 0 Å². The molecule has 0 radical (unpaired) electrons. The Labute approximate surface area is 199 Å². The number of non-ortho nitro benzene ring substituents is 3. The molecular weight excluding hydrogens is 450 g/mol. The van der Waals surface area contributed by atoms with Crippen LogP contribution < -0.4 is 0 Å². The van der Waals surface area contributed by atoms with E-state index in [1.807, 2.05) is 30.3 Å². The summed E-state index contributed by atoms with van der Waals surface area (Å²) in [6.07, 6.45) is 0. The number of nitro groups is 3. The fourth-order valence-corrected chi connectivity index (χ4v) is 3.76. The van der Waals surface area contributed by atoms with E-state index in [0.29, 0.717) is 27.8 Å². The monoisotopic (exact) mass is 467 g/mol. The van der Waals surface area contributed by atoms with Crippen LogP contribution in [0.5, 0.6) is 0 Å². The zero-order chi connectivity index (χ0) is 24.9. The smallest absolute Gasteiger partial charge is 0.258 e. The molecule has 0 heterocycles. The maximum Gasteiger partial charge on any atom is 0.269 e. The van der Waals surface area contributed by atoms with Crippen LogP contribution in [-0.4, -0.2) is 14.8 Å². The molecule has 0 aliphatic rings. The molecule has 172 valence electrons. The zero-order valence-corrected chi connectivity index (χ0v) is 18.1. The molecule has 0 aliphatic heterocycles. The molecule has 0 aliphatic carbocycles. The predicted octanol–water partition coefficient (Wildman–Crippen LogP) is 6.42. The Bertz CT molecular complexity index is 1370. The van der Waals surface area contributed by atoms with Crippen LogP contribution in [0.25, 0.3) is 11.1 Å². The van der Waals surface area contributed by atoms with Crippen molar-refractivity contribution in [2.45, 2.75) is 0 Å². The maximum absolute atomic E-state index is 11.2. The fourth-order valence-electron chi connectivity index (χ4n) is 3.76. The maximum atomic E-state index is 11.2. The number of hydrogen-bond donors (Lipinski definition) is 0. The third-order valence-corrected chi connectivity index (χ3v) is 5.41. The van der Waals surface area contributed by atoms with Crippen molar-refractivity contribution in [3.05, 3.63) is 156 Å². The molecule has 0 fully saturated rings. The van der Waals surface area contributed by atoms with E-state index in [1.165, 1.54) is 36.4 Å². The average Bonchev–Trinajstić information content (AvgIpc) is 2.88. The molecule has 0 bridgehead atoms. The van der Waals surface area contributed by atoms with Crippen molar-refractivity contribution in [2.75, 3.05) is 0 Å². The van der Waals surface area contributed by atoms with E-state index < -0.39 is 14.8 Å². The van der Waals surface area contributed by atoms with E-state index >= 15 is 0 Å². The zero-order valence-electron chi connectivity index (χ0n) is 18.1. The summed E-state index contributed by atoms with van der Waals surface area (Å²) in [7, 11) is 0. The third-order valence-electron chi connectivity index (χ3n) is 5.41. The van der Waals surface area contributed by atoms with Gasteiger partial charge in [-0.25, -0.2) is 0 Å². The van der Waals surface area contributed by atoms with Crippen molar-refractivity contribution in [2.24, 2.45) is 0 Å². The summed E-state index contributed by atoms with van der Waals surface area (Å²) in [5, 5.41) is 33.6. The van der Waals surface area contributed by atoms with Gasteiger partial charge in [-0.3, -0.25) is 30.3 Å². The molecule has 4 rings (SSSR count). The predicted molar refractivity (Wildman–Crippen MR) is 131 cm³/mol. The van der Waals surface area contributed by atoms with Crippen LogP contribution in [0.3, 0.4) is 0 Å². The molecular formula is C26H17N3O6. The molecule has 9 heteroatoms. The van der Waals surface area contributed by atoms with Gasteiger partial charge < -0.3 is 0 Å². The first-order valence-electron chi connectivity index (χ1n) is 10.4. The van der Waals surface area contributed by atoms with Gasteiger partial charge in [0.15, 0.2) is 0 Å². The second-order valence-corrected chi connectivity index (χ2v) is 7.53. The topological polar surface area (TPSA) is 129 Å². The van der Waals surface area contributed by atoms with Crippen LogP contribution in [0, 0.1) is 30.3 Å². The van der Waals surface area contributed by atoms with Crippen molar-refractivity contribution in [1.29, 1.82) is 0 Å². The van der Waals surface area contributed by atoms with Crippen LogP contribution >= 0.6 is 0 Å². The number of nitro benzene ring substituents is 3.